The molecule has 0 aromatic carbocycles. The molecule has 0 bridgehead atoms. The van der Waals surface area contributed by atoms with Crippen LogP contribution in [0.1, 0.15) is 40.9 Å². The van der Waals surface area contributed by atoms with Crippen LogP contribution in [0.15, 0.2) is 11.4 Å². The van der Waals surface area contributed by atoms with E-state index < -0.39 is 0 Å². The zero-order valence-corrected chi connectivity index (χ0v) is 13.4. The van der Waals surface area contributed by atoms with E-state index in [-0.39, 0.29) is 12.5 Å². The number of thiophene rings is 1. The number of carbonyl (C=O) groups is 1. The fraction of sp³-hybridized carbons (Fsp3) is 0.533. The van der Waals surface area contributed by atoms with Crippen molar-refractivity contribution >= 4 is 29.0 Å². The predicted octanol–water partition coefficient (Wildman–Crippen LogP) is 2.75. The summed E-state index contributed by atoms with van der Waals surface area (Å²) in [6.07, 6.45) is 5.91. The second-order valence-electron chi connectivity index (χ2n) is 4.25. The minimum absolute atomic E-state index is 0.0434. The van der Waals surface area contributed by atoms with Crippen molar-refractivity contribution in [3.8, 4) is 11.8 Å². The molecule has 1 heterocycles. The van der Waals surface area contributed by atoms with Gasteiger partial charge in [0.15, 0.2) is 0 Å². The van der Waals surface area contributed by atoms with Crippen LogP contribution in [0.5, 0.6) is 0 Å². The minimum Gasteiger partial charge on any atom is -0.395 e. The molecule has 0 fully saturated rings. The summed E-state index contributed by atoms with van der Waals surface area (Å²) < 4.78 is 0. The lowest BCUT2D eigenvalue weighted by Crippen LogP contribution is -2.24. The largest absolute Gasteiger partial charge is 0.395 e. The van der Waals surface area contributed by atoms with Gasteiger partial charge in [0.25, 0.3) is 5.91 Å². The molecule has 0 aliphatic rings. The molecule has 1 aromatic rings. The maximum absolute atomic E-state index is 12.0. The maximum Gasteiger partial charge on any atom is 0.262 e. The van der Waals surface area contributed by atoms with Crippen molar-refractivity contribution in [2.75, 3.05) is 25.2 Å². The van der Waals surface area contributed by atoms with Gasteiger partial charge in [0.2, 0.25) is 0 Å². The molecule has 1 aromatic heterocycles. The fourth-order valence-electron chi connectivity index (χ4n) is 1.63. The highest BCUT2D eigenvalue weighted by Gasteiger charge is 2.10. The molecule has 0 aliphatic heterocycles. The van der Waals surface area contributed by atoms with Gasteiger partial charge >= 0.3 is 0 Å². The van der Waals surface area contributed by atoms with Crippen LogP contribution in [-0.2, 0) is 0 Å². The summed E-state index contributed by atoms with van der Waals surface area (Å²) in [6, 6.07) is 1.85. The Morgan fingerprint density at radius 2 is 2.30 bits per heavy atom. The van der Waals surface area contributed by atoms with Crippen LogP contribution in [0, 0.1) is 11.8 Å². The molecule has 0 spiro atoms. The average Bonchev–Trinajstić information content (AvgIpc) is 2.91. The number of aliphatic hydroxyl groups excluding tert-OH is 1. The second-order valence-corrected chi connectivity index (χ2v) is 6.15. The first-order chi connectivity index (χ1) is 9.79. The Labute approximate surface area is 129 Å². The number of thioether (sulfide) groups is 1. The Balaban J connectivity index is 2.37. The number of amides is 1. The zero-order chi connectivity index (χ0) is 14.6. The van der Waals surface area contributed by atoms with Crippen molar-refractivity contribution in [1.82, 2.24) is 5.32 Å². The highest BCUT2D eigenvalue weighted by Crippen LogP contribution is 2.15. The van der Waals surface area contributed by atoms with Gasteiger partial charge in [-0.1, -0.05) is 18.3 Å². The van der Waals surface area contributed by atoms with Crippen LogP contribution in [0.25, 0.3) is 0 Å². The van der Waals surface area contributed by atoms with Crippen molar-refractivity contribution in [2.24, 2.45) is 0 Å². The number of hydrogen-bond acceptors (Lipinski definition) is 4. The van der Waals surface area contributed by atoms with Gasteiger partial charge in [-0.3, -0.25) is 4.79 Å². The van der Waals surface area contributed by atoms with E-state index in [1.165, 1.54) is 23.5 Å². The highest BCUT2D eigenvalue weighted by atomic mass is 32.2. The Bertz CT molecular complexity index is 460. The van der Waals surface area contributed by atoms with E-state index in [0.29, 0.717) is 17.8 Å². The molecule has 0 unspecified atom stereocenters. The number of nitrogens with one attached hydrogen (secondary N) is 1. The molecule has 0 radical (unpaired) electrons. The molecular weight excluding hydrogens is 290 g/mol. The van der Waals surface area contributed by atoms with Crippen LogP contribution >= 0.6 is 23.1 Å². The van der Waals surface area contributed by atoms with Gasteiger partial charge in [0.1, 0.15) is 4.88 Å². The van der Waals surface area contributed by atoms with Crippen molar-refractivity contribution in [3.63, 3.8) is 0 Å². The van der Waals surface area contributed by atoms with Crippen molar-refractivity contribution in [3.05, 3.63) is 21.9 Å². The van der Waals surface area contributed by atoms with E-state index >= 15 is 0 Å². The van der Waals surface area contributed by atoms with Crippen LogP contribution in [-0.4, -0.2) is 36.2 Å². The molecule has 2 N–H and O–H groups in total. The normalized spacial score (nSPS) is 9.90. The third-order valence-corrected chi connectivity index (χ3v) is 4.25. The first-order valence-electron chi connectivity index (χ1n) is 6.74. The van der Waals surface area contributed by atoms with Gasteiger partial charge in [-0.2, -0.15) is 11.8 Å². The van der Waals surface area contributed by atoms with E-state index in [1.807, 2.05) is 23.2 Å². The lowest BCUT2D eigenvalue weighted by atomic mass is 10.2. The molecule has 3 nitrogen and oxygen atoms in total. The summed E-state index contributed by atoms with van der Waals surface area (Å²) in [5.41, 5.74) is 0.753. The average molecular weight is 311 g/mol. The van der Waals surface area contributed by atoms with Gasteiger partial charge in [0, 0.05) is 18.5 Å². The molecule has 0 saturated heterocycles. The van der Waals surface area contributed by atoms with Gasteiger partial charge < -0.3 is 10.4 Å². The SMILES string of the molecule is CSCCCCCNC(=O)c1sccc1C#CCCO. The van der Waals surface area contributed by atoms with Crippen molar-refractivity contribution < 1.29 is 9.90 Å². The molecule has 0 atom stereocenters. The molecular formula is C15H21NO2S2. The number of unbranched alkanes of at least 4 members (excludes halogenated alkanes) is 2. The van der Waals surface area contributed by atoms with E-state index in [1.54, 1.807) is 0 Å². The van der Waals surface area contributed by atoms with Crippen molar-refractivity contribution in [2.45, 2.75) is 25.7 Å². The summed E-state index contributed by atoms with van der Waals surface area (Å²) in [5, 5.41) is 13.5. The van der Waals surface area contributed by atoms with Gasteiger partial charge in [-0.15, -0.1) is 11.3 Å². The topological polar surface area (TPSA) is 49.3 Å². The first kappa shape index (κ1) is 17.1. The summed E-state index contributed by atoms with van der Waals surface area (Å²) in [7, 11) is 0. The summed E-state index contributed by atoms with van der Waals surface area (Å²) in [5.74, 6) is 6.92. The Morgan fingerprint density at radius 3 is 3.05 bits per heavy atom. The molecule has 20 heavy (non-hydrogen) atoms. The smallest absolute Gasteiger partial charge is 0.262 e. The van der Waals surface area contributed by atoms with Gasteiger partial charge in [-0.05, 0) is 36.3 Å². The molecule has 110 valence electrons. The fourth-order valence-corrected chi connectivity index (χ4v) is 2.89. The van der Waals surface area contributed by atoms with Crippen molar-refractivity contribution in [1.29, 1.82) is 0 Å². The summed E-state index contributed by atoms with van der Waals surface area (Å²) in [6.45, 7) is 0.767. The molecule has 1 amide bonds. The second kappa shape index (κ2) is 10.8. The third kappa shape index (κ3) is 6.47. The number of aliphatic hydroxyl groups is 1. The van der Waals surface area contributed by atoms with Crippen LogP contribution in [0.4, 0.5) is 0 Å². The summed E-state index contributed by atoms with van der Waals surface area (Å²) >= 11 is 3.26. The Hall–Kier alpha value is -0.960. The van der Waals surface area contributed by atoms with Gasteiger partial charge in [-0.25, -0.2) is 0 Å². The monoisotopic (exact) mass is 311 g/mol. The minimum atomic E-state index is -0.0434. The molecule has 0 saturated carbocycles. The quantitative estimate of drug-likeness (QED) is 0.573. The van der Waals surface area contributed by atoms with E-state index in [0.717, 1.165) is 18.4 Å². The number of rotatable bonds is 8. The van der Waals surface area contributed by atoms with Gasteiger partial charge in [0.05, 0.1) is 6.61 Å². The van der Waals surface area contributed by atoms with E-state index in [9.17, 15) is 4.79 Å². The van der Waals surface area contributed by atoms with E-state index in [4.69, 9.17) is 5.11 Å². The Morgan fingerprint density at radius 1 is 1.45 bits per heavy atom. The first-order valence-corrected chi connectivity index (χ1v) is 9.01. The predicted molar refractivity (Wildman–Crippen MR) is 87.5 cm³/mol. The maximum atomic E-state index is 12.0. The molecule has 1 rings (SSSR count). The standard InChI is InChI=1S/C15H21NO2S2/c1-19-11-6-2-4-9-16-15(18)14-13(8-12-20-14)7-3-5-10-17/h8,12,17H,2,4-6,9-11H2,1H3,(H,16,18). The summed E-state index contributed by atoms with van der Waals surface area (Å²) in [4.78, 5) is 12.7. The van der Waals surface area contributed by atoms with Crippen LogP contribution in [0.3, 0.4) is 0 Å². The number of carbonyl (C=O) groups excluding carboxylic acids is 1. The lowest BCUT2D eigenvalue weighted by Gasteiger charge is -2.04. The lowest BCUT2D eigenvalue weighted by molar-refractivity contribution is 0.0957. The third-order valence-electron chi connectivity index (χ3n) is 2.64. The highest BCUT2D eigenvalue weighted by molar-refractivity contribution is 7.98. The number of hydrogen-bond donors (Lipinski definition) is 2. The Kier molecular flexibility index (Phi) is 9.22. The van der Waals surface area contributed by atoms with Crippen LogP contribution in [0.2, 0.25) is 0 Å². The zero-order valence-electron chi connectivity index (χ0n) is 11.8. The molecule has 0 aliphatic carbocycles. The van der Waals surface area contributed by atoms with Crippen LogP contribution < -0.4 is 5.32 Å². The van der Waals surface area contributed by atoms with E-state index in [2.05, 4.69) is 23.4 Å². The molecule has 5 heteroatoms.